The number of nitro groups is 1. The van der Waals surface area contributed by atoms with Crippen LogP contribution < -0.4 is 10.1 Å². The lowest BCUT2D eigenvalue weighted by Crippen LogP contribution is -2.13. The third kappa shape index (κ3) is 5.14. The molecule has 7 heteroatoms. The standard InChI is InChI=1S/C19H20N2O5/c1-3-4-19(23)20-15-8-6-14(7-9-15)17(22)12-26-18-11-13(2)5-10-16(18)21(24)25/h5-11H,3-4,12H2,1-2H3,(H,20,23). The second-order valence-corrected chi connectivity index (χ2v) is 5.82. The van der Waals surface area contributed by atoms with Crippen LogP contribution in [0.3, 0.4) is 0 Å². The number of nitrogens with one attached hydrogen (secondary N) is 1. The molecular weight excluding hydrogens is 336 g/mol. The van der Waals surface area contributed by atoms with Gasteiger partial charge in [0.05, 0.1) is 4.92 Å². The molecule has 0 radical (unpaired) electrons. The third-order valence-electron chi connectivity index (χ3n) is 3.64. The van der Waals surface area contributed by atoms with Gasteiger partial charge in [0, 0.05) is 23.7 Å². The average Bonchev–Trinajstić information content (AvgIpc) is 2.60. The van der Waals surface area contributed by atoms with Crippen molar-refractivity contribution in [2.75, 3.05) is 11.9 Å². The molecule has 26 heavy (non-hydrogen) atoms. The number of carbonyl (C=O) groups excluding carboxylic acids is 2. The number of rotatable bonds is 8. The number of aryl methyl sites for hydroxylation is 1. The zero-order chi connectivity index (χ0) is 19.1. The molecule has 0 heterocycles. The van der Waals surface area contributed by atoms with Gasteiger partial charge in [-0.15, -0.1) is 0 Å². The monoisotopic (exact) mass is 356 g/mol. The van der Waals surface area contributed by atoms with Crippen LogP contribution in [0.1, 0.15) is 35.7 Å². The summed E-state index contributed by atoms with van der Waals surface area (Å²) in [6, 6.07) is 10.9. The van der Waals surface area contributed by atoms with E-state index in [-0.39, 0.29) is 29.7 Å². The van der Waals surface area contributed by atoms with Gasteiger partial charge in [-0.1, -0.05) is 13.0 Å². The Bertz CT molecular complexity index is 815. The smallest absolute Gasteiger partial charge is 0.310 e. The van der Waals surface area contributed by atoms with Gasteiger partial charge in [0.25, 0.3) is 0 Å². The maximum Gasteiger partial charge on any atom is 0.310 e. The minimum atomic E-state index is -0.549. The maximum absolute atomic E-state index is 12.2. The second-order valence-electron chi connectivity index (χ2n) is 5.82. The highest BCUT2D eigenvalue weighted by Crippen LogP contribution is 2.27. The van der Waals surface area contributed by atoms with Crippen molar-refractivity contribution in [2.45, 2.75) is 26.7 Å². The van der Waals surface area contributed by atoms with Crippen molar-refractivity contribution in [2.24, 2.45) is 0 Å². The summed E-state index contributed by atoms with van der Waals surface area (Å²) in [6.07, 6.45) is 1.19. The van der Waals surface area contributed by atoms with E-state index in [0.29, 0.717) is 17.7 Å². The second kappa shape index (κ2) is 8.75. The number of ketones is 1. The van der Waals surface area contributed by atoms with Crippen molar-refractivity contribution in [1.82, 2.24) is 0 Å². The molecule has 0 aliphatic heterocycles. The SMILES string of the molecule is CCCC(=O)Nc1ccc(C(=O)COc2cc(C)ccc2[N+](=O)[O-])cc1. The number of hydrogen-bond donors (Lipinski definition) is 1. The number of ether oxygens (including phenoxy) is 1. The van der Waals surface area contributed by atoms with Crippen molar-refractivity contribution < 1.29 is 19.2 Å². The topological polar surface area (TPSA) is 98.5 Å². The molecule has 2 aromatic carbocycles. The van der Waals surface area contributed by atoms with Gasteiger partial charge >= 0.3 is 5.69 Å². The molecule has 1 amide bonds. The molecule has 0 saturated heterocycles. The molecule has 0 atom stereocenters. The molecule has 1 N–H and O–H groups in total. The Morgan fingerprint density at radius 1 is 1.15 bits per heavy atom. The zero-order valence-electron chi connectivity index (χ0n) is 14.7. The Labute approximate surface area is 151 Å². The van der Waals surface area contributed by atoms with Crippen molar-refractivity contribution in [1.29, 1.82) is 0 Å². The minimum Gasteiger partial charge on any atom is -0.478 e. The molecule has 2 aromatic rings. The van der Waals surface area contributed by atoms with E-state index in [0.717, 1.165) is 12.0 Å². The zero-order valence-corrected chi connectivity index (χ0v) is 14.7. The number of amides is 1. The fourth-order valence-electron chi connectivity index (χ4n) is 2.30. The van der Waals surface area contributed by atoms with Crippen molar-refractivity contribution in [3.8, 4) is 5.75 Å². The molecule has 0 fully saturated rings. The van der Waals surface area contributed by atoms with Crippen LogP contribution >= 0.6 is 0 Å². The van der Waals surface area contributed by atoms with Crippen LogP contribution in [0.4, 0.5) is 11.4 Å². The summed E-state index contributed by atoms with van der Waals surface area (Å²) in [4.78, 5) is 34.3. The molecule has 0 spiro atoms. The molecule has 0 unspecified atom stereocenters. The lowest BCUT2D eigenvalue weighted by atomic mass is 10.1. The van der Waals surface area contributed by atoms with Crippen LogP contribution in [-0.2, 0) is 4.79 Å². The Balaban J connectivity index is 2.01. The van der Waals surface area contributed by atoms with Crippen LogP contribution in [0.5, 0.6) is 5.75 Å². The molecule has 0 aliphatic rings. The first-order valence-corrected chi connectivity index (χ1v) is 8.21. The van der Waals surface area contributed by atoms with E-state index >= 15 is 0 Å². The highest BCUT2D eigenvalue weighted by molar-refractivity contribution is 5.98. The predicted octanol–water partition coefficient (Wildman–Crippen LogP) is 3.90. The first-order valence-electron chi connectivity index (χ1n) is 8.21. The van der Waals surface area contributed by atoms with E-state index in [9.17, 15) is 19.7 Å². The average molecular weight is 356 g/mol. The first kappa shape index (κ1) is 19.1. The van der Waals surface area contributed by atoms with Gasteiger partial charge in [-0.3, -0.25) is 19.7 Å². The van der Waals surface area contributed by atoms with Crippen molar-refractivity contribution >= 4 is 23.1 Å². The summed E-state index contributed by atoms with van der Waals surface area (Å²) < 4.78 is 5.36. The van der Waals surface area contributed by atoms with E-state index in [1.54, 1.807) is 37.3 Å². The van der Waals surface area contributed by atoms with E-state index in [1.807, 2.05) is 6.92 Å². The van der Waals surface area contributed by atoms with Crippen LogP contribution in [0.15, 0.2) is 42.5 Å². The number of Topliss-reactive ketones (excluding diaryl/α,β-unsaturated/α-hetero) is 1. The summed E-state index contributed by atoms with van der Waals surface area (Å²) in [5.74, 6) is -0.333. The molecular formula is C19H20N2O5. The van der Waals surface area contributed by atoms with Crippen LogP contribution in [-0.4, -0.2) is 23.2 Å². The summed E-state index contributed by atoms with van der Waals surface area (Å²) in [6.45, 7) is 3.38. The van der Waals surface area contributed by atoms with E-state index < -0.39 is 4.92 Å². The fraction of sp³-hybridized carbons (Fsp3) is 0.263. The van der Waals surface area contributed by atoms with Gasteiger partial charge in [0.1, 0.15) is 0 Å². The van der Waals surface area contributed by atoms with Gasteiger partial charge < -0.3 is 10.1 Å². The minimum absolute atomic E-state index is 0.0619. The summed E-state index contributed by atoms with van der Waals surface area (Å²) >= 11 is 0. The molecule has 0 saturated carbocycles. The third-order valence-corrected chi connectivity index (χ3v) is 3.64. The van der Waals surface area contributed by atoms with Crippen LogP contribution in [0.2, 0.25) is 0 Å². The summed E-state index contributed by atoms with van der Waals surface area (Å²) in [5, 5.41) is 13.8. The molecule has 0 aromatic heterocycles. The number of carbonyl (C=O) groups is 2. The lowest BCUT2D eigenvalue weighted by molar-refractivity contribution is -0.385. The highest BCUT2D eigenvalue weighted by atomic mass is 16.6. The summed E-state index contributed by atoms with van der Waals surface area (Å²) in [5.41, 5.74) is 1.62. The normalized spacial score (nSPS) is 10.2. The molecule has 0 aliphatic carbocycles. The van der Waals surface area contributed by atoms with Gasteiger partial charge in [0.15, 0.2) is 18.1 Å². The Morgan fingerprint density at radius 2 is 1.85 bits per heavy atom. The van der Waals surface area contributed by atoms with Crippen LogP contribution in [0, 0.1) is 17.0 Å². The molecule has 7 nitrogen and oxygen atoms in total. The van der Waals surface area contributed by atoms with Crippen LogP contribution in [0.25, 0.3) is 0 Å². The van der Waals surface area contributed by atoms with E-state index in [2.05, 4.69) is 5.32 Å². The lowest BCUT2D eigenvalue weighted by Gasteiger charge is -2.08. The number of anilines is 1. The quantitative estimate of drug-likeness (QED) is 0.439. The van der Waals surface area contributed by atoms with E-state index in [4.69, 9.17) is 4.74 Å². The molecule has 136 valence electrons. The van der Waals surface area contributed by atoms with Crippen molar-refractivity contribution in [3.63, 3.8) is 0 Å². The highest BCUT2D eigenvalue weighted by Gasteiger charge is 2.16. The maximum atomic E-state index is 12.2. The van der Waals surface area contributed by atoms with Gasteiger partial charge in [-0.05, 0) is 49.2 Å². The Kier molecular flexibility index (Phi) is 6.43. The molecule has 2 rings (SSSR count). The van der Waals surface area contributed by atoms with E-state index in [1.165, 1.54) is 12.1 Å². The summed E-state index contributed by atoms with van der Waals surface area (Å²) in [7, 11) is 0. The van der Waals surface area contributed by atoms with Gasteiger partial charge in [0.2, 0.25) is 5.91 Å². The number of nitro benzene ring substituents is 1. The van der Waals surface area contributed by atoms with Gasteiger partial charge in [-0.2, -0.15) is 0 Å². The fourth-order valence-corrected chi connectivity index (χ4v) is 2.30. The molecule has 0 bridgehead atoms. The first-order chi connectivity index (χ1) is 12.4. The Morgan fingerprint density at radius 3 is 2.46 bits per heavy atom. The largest absolute Gasteiger partial charge is 0.478 e. The number of nitrogens with zero attached hydrogens (tertiary/aromatic N) is 1. The predicted molar refractivity (Wildman–Crippen MR) is 97.6 cm³/mol. The Hall–Kier alpha value is -3.22. The number of hydrogen-bond acceptors (Lipinski definition) is 5. The number of benzene rings is 2. The van der Waals surface area contributed by atoms with Gasteiger partial charge in [-0.25, -0.2) is 0 Å². The van der Waals surface area contributed by atoms with Crippen molar-refractivity contribution in [3.05, 3.63) is 63.7 Å².